The molecule has 1 aliphatic rings. The Morgan fingerprint density at radius 2 is 2.12 bits per heavy atom. The first-order valence-corrected chi connectivity index (χ1v) is 9.64. The summed E-state index contributed by atoms with van der Waals surface area (Å²) in [5.74, 6) is 1.45. The van der Waals surface area contributed by atoms with Crippen molar-refractivity contribution in [2.24, 2.45) is 0 Å². The summed E-state index contributed by atoms with van der Waals surface area (Å²) in [7, 11) is 0. The van der Waals surface area contributed by atoms with Crippen molar-refractivity contribution in [3.63, 3.8) is 0 Å². The van der Waals surface area contributed by atoms with Crippen molar-refractivity contribution in [3.8, 4) is 0 Å². The third-order valence-corrected chi connectivity index (χ3v) is 5.63. The first-order valence-electron chi connectivity index (χ1n) is 8.83. The molecule has 2 heterocycles. The second-order valence-electron chi connectivity index (χ2n) is 6.46. The van der Waals surface area contributed by atoms with Gasteiger partial charge in [-0.1, -0.05) is 35.5 Å². The molecule has 0 spiro atoms. The zero-order chi connectivity index (χ0) is 17.1. The molecule has 0 radical (unpaired) electrons. The highest BCUT2D eigenvalue weighted by Crippen LogP contribution is 2.33. The summed E-state index contributed by atoms with van der Waals surface area (Å²) < 4.78 is 5.39. The van der Waals surface area contributed by atoms with Crippen molar-refractivity contribution in [2.75, 3.05) is 6.54 Å². The standard InChI is InChI=1S/C19H22N4OS/c1-13-21-16-9-5-8-15(19(16)25-13)20-11-10-18-22-17(23-24-18)12-14-6-3-2-4-7-14/h2-4,6-7,15,20H,5,8-12H2,1H3. The largest absolute Gasteiger partial charge is 0.339 e. The number of nitrogens with one attached hydrogen (secondary N) is 1. The van der Waals surface area contributed by atoms with Gasteiger partial charge in [0.1, 0.15) is 0 Å². The van der Waals surface area contributed by atoms with E-state index in [0.29, 0.717) is 18.4 Å². The van der Waals surface area contributed by atoms with E-state index in [1.807, 2.05) is 29.5 Å². The van der Waals surface area contributed by atoms with E-state index in [2.05, 4.69) is 39.5 Å². The van der Waals surface area contributed by atoms with Crippen LogP contribution in [0.5, 0.6) is 0 Å². The van der Waals surface area contributed by atoms with E-state index < -0.39 is 0 Å². The molecular formula is C19H22N4OS. The molecule has 0 fully saturated rings. The van der Waals surface area contributed by atoms with Crippen LogP contribution in [-0.2, 0) is 19.3 Å². The Bertz CT molecular complexity index is 827. The summed E-state index contributed by atoms with van der Waals surface area (Å²) in [6.07, 6.45) is 4.97. The van der Waals surface area contributed by atoms with Crippen LogP contribution >= 0.6 is 11.3 Å². The van der Waals surface area contributed by atoms with Gasteiger partial charge >= 0.3 is 0 Å². The highest BCUT2D eigenvalue weighted by atomic mass is 32.1. The van der Waals surface area contributed by atoms with Gasteiger partial charge in [-0.15, -0.1) is 11.3 Å². The van der Waals surface area contributed by atoms with Crippen molar-refractivity contribution in [1.82, 2.24) is 20.4 Å². The van der Waals surface area contributed by atoms with E-state index >= 15 is 0 Å². The molecule has 4 rings (SSSR count). The Balaban J connectivity index is 1.31. The third kappa shape index (κ3) is 3.96. The van der Waals surface area contributed by atoms with Gasteiger partial charge in [-0.05, 0) is 31.7 Å². The Kier molecular flexibility index (Phi) is 4.90. The van der Waals surface area contributed by atoms with Crippen molar-refractivity contribution in [2.45, 2.75) is 45.1 Å². The van der Waals surface area contributed by atoms with Crippen LogP contribution in [0.3, 0.4) is 0 Å². The minimum absolute atomic E-state index is 0.418. The first-order chi connectivity index (χ1) is 12.3. The quantitative estimate of drug-likeness (QED) is 0.732. The van der Waals surface area contributed by atoms with Crippen LogP contribution in [0.4, 0.5) is 0 Å². The molecule has 0 aliphatic heterocycles. The highest BCUT2D eigenvalue weighted by Gasteiger charge is 2.23. The van der Waals surface area contributed by atoms with Crippen molar-refractivity contribution in [3.05, 3.63) is 63.2 Å². The molecule has 0 saturated heterocycles. The Morgan fingerprint density at radius 1 is 1.24 bits per heavy atom. The molecule has 0 bridgehead atoms. The Hall–Kier alpha value is -2.05. The van der Waals surface area contributed by atoms with E-state index in [4.69, 9.17) is 4.52 Å². The predicted octanol–water partition coefficient (Wildman–Crippen LogP) is 3.64. The van der Waals surface area contributed by atoms with Crippen molar-refractivity contribution >= 4 is 11.3 Å². The zero-order valence-electron chi connectivity index (χ0n) is 14.4. The van der Waals surface area contributed by atoms with Gasteiger partial charge in [-0.2, -0.15) is 4.98 Å². The first kappa shape index (κ1) is 16.4. The maximum absolute atomic E-state index is 5.39. The second kappa shape index (κ2) is 7.45. The van der Waals surface area contributed by atoms with E-state index in [1.54, 1.807) is 0 Å². The number of rotatable bonds is 6. The molecule has 0 saturated carbocycles. The normalized spacial score (nSPS) is 16.8. The number of thiazole rings is 1. The summed E-state index contributed by atoms with van der Waals surface area (Å²) >= 11 is 1.82. The van der Waals surface area contributed by atoms with Gasteiger partial charge in [0.05, 0.1) is 10.7 Å². The fourth-order valence-corrected chi connectivity index (χ4v) is 4.42. The van der Waals surface area contributed by atoms with E-state index in [1.165, 1.54) is 34.0 Å². The van der Waals surface area contributed by atoms with Crippen LogP contribution in [0.15, 0.2) is 34.9 Å². The SMILES string of the molecule is Cc1nc2c(s1)C(NCCc1nc(Cc3ccccc3)no1)CCC2. The number of hydrogen-bond acceptors (Lipinski definition) is 6. The molecular weight excluding hydrogens is 332 g/mol. The van der Waals surface area contributed by atoms with Crippen molar-refractivity contribution in [1.29, 1.82) is 0 Å². The number of nitrogens with zero attached hydrogens (tertiary/aromatic N) is 3. The van der Waals surface area contributed by atoms with Gasteiger partial charge < -0.3 is 9.84 Å². The van der Waals surface area contributed by atoms with Gasteiger partial charge in [0.2, 0.25) is 5.89 Å². The number of hydrogen-bond donors (Lipinski definition) is 1. The number of aryl methyl sites for hydroxylation is 2. The minimum Gasteiger partial charge on any atom is -0.339 e. The second-order valence-corrected chi connectivity index (χ2v) is 7.69. The molecule has 5 nitrogen and oxygen atoms in total. The summed E-state index contributed by atoms with van der Waals surface area (Å²) in [5, 5.41) is 8.90. The molecule has 2 aromatic heterocycles. The van der Waals surface area contributed by atoms with Crippen LogP contribution in [0.25, 0.3) is 0 Å². The summed E-state index contributed by atoms with van der Waals surface area (Å²) in [6, 6.07) is 10.6. The van der Waals surface area contributed by atoms with Gasteiger partial charge in [0.25, 0.3) is 0 Å². The smallest absolute Gasteiger partial charge is 0.227 e. The molecule has 1 aromatic carbocycles. The number of benzene rings is 1. The lowest BCUT2D eigenvalue weighted by atomic mass is 9.98. The molecule has 1 atom stereocenters. The molecule has 1 unspecified atom stereocenters. The van der Waals surface area contributed by atoms with E-state index in [0.717, 1.165) is 25.2 Å². The van der Waals surface area contributed by atoms with Crippen molar-refractivity contribution < 1.29 is 4.52 Å². The fourth-order valence-electron chi connectivity index (χ4n) is 3.33. The minimum atomic E-state index is 0.418. The lowest BCUT2D eigenvalue weighted by Crippen LogP contribution is -2.26. The van der Waals surface area contributed by atoms with Gasteiger partial charge in [0, 0.05) is 30.3 Å². The predicted molar refractivity (Wildman–Crippen MR) is 97.8 cm³/mol. The fraction of sp³-hybridized carbons (Fsp3) is 0.421. The van der Waals surface area contributed by atoms with Gasteiger partial charge in [-0.25, -0.2) is 4.98 Å². The average Bonchev–Trinajstić information content (AvgIpc) is 3.22. The third-order valence-electron chi connectivity index (χ3n) is 4.50. The molecule has 1 N–H and O–H groups in total. The summed E-state index contributed by atoms with van der Waals surface area (Å²) in [4.78, 5) is 10.6. The average molecular weight is 354 g/mol. The zero-order valence-corrected chi connectivity index (χ0v) is 15.2. The van der Waals surface area contributed by atoms with E-state index in [-0.39, 0.29) is 0 Å². The lowest BCUT2D eigenvalue weighted by molar-refractivity contribution is 0.365. The molecule has 0 amide bonds. The van der Waals surface area contributed by atoms with Crippen LogP contribution in [-0.4, -0.2) is 21.7 Å². The Morgan fingerprint density at radius 3 is 3.00 bits per heavy atom. The molecule has 1 aliphatic carbocycles. The number of fused-ring (bicyclic) bond motifs is 1. The highest BCUT2D eigenvalue weighted by molar-refractivity contribution is 7.11. The topological polar surface area (TPSA) is 63.8 Å². The van der Waals surface area contributed by atoms with Crippen LogP contribution in [0.2, 0.25) is 0 Å². The maximum atomic E-state index is 5.39. The molecule has 130 valence electrons. The lowest BCUT2D eigenvalue weighted by Gasteiger charge is -2.22. The monoisotopic (exact) mass is 354 g/mol. The maximum Gasteiger partial charge on any atom is 0.227 e. The summed E-state index contributed by atoms with van der Waals surface area (Å²) in [5.41, 5.74) is 2.48. The Labute approximate surface area is 151 Å². The van der Waals surface area contributed by atoms with Crippen LogP contribution < -0.4 is 5.32 Å². The van der Waals surface area contributed by atoms with Crippen LogP contribution in [0.1, 0.15) is 51.7 Å². The van der Waals surface area contributed by atoms with Gasteiger partial charge in [-0.3, -0.25) is 0 Å². The molecule has 6 heteroatoms. The molecule has 3 aromatic rings. The molecule has 25 heavy (non-hydrogen) atoms. The van der Waals surface area contributed by atoms with E-state index in [9.17, 15) is 0 Å². The summed E-state index contributed by atoms with van der Waals surface area (Å²) in [6.45, 7) is 2.93. The number of aromatic nitrogens is 3. The van der Waals surface area contributed by atoms with Gasteiger partial charge in [0.15, 0.2) is 5.82 Å². The van der Waals surface area contributed by atoms with Crippen LogP contribution in [0, 0.1) is 6.92 Å².